The number of hydrogen-bond acceptors (Lipinski definition) is 3. The second-order valence-electron chi connectivity index (χ2n) is 1.67. The van der Waals surface area contributed by atoms with Gasteiger partial charge >= 0.3 is 0 Å². The molecule has 0 rings (SSSR count). The van der Waals surface area contributed by atoms with Crippen molar-refractivity contribution in [3.63, 3.8) is 0 Å². The molecule has 0 aliphatic rings. The molecule has 0 bridgehead atoms. The molecule has 0 unspecified atom stereocenters. The van der Waals surface area contributed by atoms with Crippen molar-refractivity contribution < 1.29 is 5.11 Å². The molecule has 3 nitrogen and oxygen atoms in total. The van der Waals surface area contributed by atoms with Crippen molar-refractivity contribution in [1.82, 2.24) is 0 Å². The van der Waals surface area contributed by atoms with Crippen molar-refractivity contribution in [1.29, 1.82) is 10.5 Å². The van der Waals surface area contributed by atoms with Gasteiger partial charge in [0.1, 0.15) is 5.60 Å². The van der Waals surface area contributed by atoms with E-state index in [1.165, 1.54) is 13.8 Å². The summed E-state index contributed by atoms with van der Waals surface area (Å²) in [6.07, 6.45) is 0. The van der Waals surface area contributed by atoms with E-state index in [4.69, 9.17) is 15.6 Å². The second kappa shape index (κ2) is 4.11. The lowest BCUT2D eigenvalue weighted by atomic mass is 10.2. The van der Waals surface area contributed by atoms with Crippen molar-refractivity contribution in [3.8, 4) is 12.6 Å². The highest BCUT2D eigenvalue weighted by atomic mass is 16.3. The molecule has 0 fully saturated rings. The lowest BCUT2D eigenvalue weighted by Crippen LogP contribution is -2.13. The van der Waals surface area contributed by atoms with Gasteiger partial charge < -0.3 is 5.11 Å². The molecule has 44 valence electrons. The Hall–Kier alpha value is -1.06. The molecule has 0 radical (unpaired) electrons. The summed E-state index contributed by atoms with van der Waals surface area (Å²) in [6.45, 7) is 6.38. The Bertz CT molecular complexity index is 104. The van der Waals surface area contributed by atoms with E-state index in [0.29, 0.717) is 0 Å². The molecule has 0 atom stereocenters. The molecule has 0 aromatic carbocycles. The van der Waals surface area contributed by atoms with Crippen molar-refractivity contribution in [3.05, 3.63) is 0 Å². The van der Waals surface area contributed by atoms with Crippen LogP contribution in [0.2, 0.25) is 0 Å². The van der Waals surface area contributed by atoms with E-state index in [9.17, 15) is 0 Å². The topological polar surface area (TPSA) is 67.8 Å². The van der Waals surface area contributed by atoms with Gasteiger partial charge in [-0.3, -0.25) is 0 Å². The first-order chi connectivity index (χ1) is 3.56. The lowest BCUT2D eigenvalue weighted by molar-refractivity contribution is 0.141. The maximum atomic E-state index is 8.47. The van der Waals surface area contributed by atoms with Crippen LogP contribution < -0.4 is 0 Å². The van der Waals surface area contributed by atoms with Crippen LogP contribution in [0.3, 0.4) is 0 Å². The standard InChI is InChI=1S/C4H7NO.CHN/c1-4(2,6)3-5;1-2/h6H,1-2H3;1H. The van der Waals surface area contributed by atoms with Gasteiger partial charge in [0.2, 0.25) is 0 Å². The SMILES string of the molecule is C#N.CC(C)(O)C#N. The van der Waals surface area contributed by atoms with Crippen LogP contribution in [0.5, 0.6) is 0 Å². The molecule has 1 N–H and O–H groups in total. The van der Waals surface area contributed by atoms with Crippen molar-refractivity contribution in [2.75, 3.05) is 0 Å². The predicted octanol–water partition coefficient (Wildman–Crippen LogP) is 0.421. The minimum absolute atomic E-state index is 1.15. The summed E-state index contributed by atoms with van der Waals surface area (Å²) in [6, 6.07) is 1.66. The van der Waals surface area contributed by atoms with Crippen LogP contribution in [0.25, 0.3) is 0 Å². The van der Waals surface area contributed by atoms with Crippen molar-refractivity contribution in [2.45, 2.75) is 19.4 Å². The Balaban J connectivity index is 0. The highest BCUT2D eigenvalue weighted by Crippen LogP contribution is 1.93. The van der Waals surface area contributed by atoms with Gasteiger partial charge in [-0.15, -0.1) is 0 Å². The third-order valence-electron chi connectivity index (χ3n) is 0.274. The fraction of sp³-hybridized carbons (Fsp3) is 0.600. The first-order valence-corrected chi connectivity index (χ1v) is 1.96. The van der Waals surface area contributed by atoms with E-state index >= 15 is 0 Å². The van der Waals surface area contributed by atoms with Crippen molar-refractivity contribution in [2.24, 2.45) is 0 Å². The molecule has 0 amide bonds. The molecule has 0 aromatic heterocycles. The highest BCUT2D eigenvalue weighted by molar-refractivity contribution is 4.91. The molecule has 0 aliphatic carbocycles. The molecular weight excluding hydrogens is 104 g/mol. The number of nitrogens with zero attached hydrogens (tertiary/aromatic N) is 2. The minimum atomic E-state index is -1.15. The minimum Gasteiger partial charge on any atom is -0.376 e. The van der Waals surface area contributed by atoms with Gasteiger partial charge in [-0.2, -0.15) is 5.26 Å². The maximum absolute atomic E-state index is 8.47. The Kier molecular flexibility index (Phi) is 5.15. The lowest BCUT2D eigenvalue weighted by Gasteiger charge is -2.00. The van der Waals surface area contributed by atoms with E-state index in [-0.39, 0.29) is 0 Å². The van der Waals surface area contributed by atoms with Gasteiger partial charge in [-0.1, -0.05) is 0 Å². The average Bonchev–Trinajstić information content (AvgIpc) is 1.71. The van der Waals surface area contributed by atoms with Crippen LogP contribution in [0.15, 0.2) is 0 Å². The quantitative estimate of drug-likeness (QED) is 0.462. The van der Waals surface area contributed by atoms with Gasteiger partial charge in [0.05, 0.1) is 6.07 Å². The fourth-order valence-corrected chi connectivity index (χ4v) is 0. The Labute approximate surface area is 48.8 Å². The van der Waals surface area contributed by atoms with Crippen LogP contribution in [0, 0.1) is 23.2 Å². The Morgan fingerprint density at radius 2 is 1.62 bits per heavy atom. The summed E-state index contributed by atoms with van der Waals surface area (Å²) in [4.78, 5) is 0. The summed E-state index contributed by atoms with van der Waals surface area (Å²) in [5.74, 6) is 0. The van der Waals surface area contributed by atoms with E-state index in [0.717, 1.165) is 0 Å². The van der Waals surface area contributed by atoms with Gasteiger partial charge in [-0.05, 0) is 13.8 Å². The monoisotopic (exact) mass is 112 g/mol. The van der Waals surface area contributed by atoms with E-state index in [2.05, 4.69) is 6.57 Å². The van der Waals surface area contributed by atoms with E-state index in [1.54, 1.807) is 6.07 Å². The molecule has 0 saturated carbocycles. The Morgan fingerprint density at radius 1 is 1.50 bits per heavy atom. The molecule has 0 spiro atoms. The summed E-state index contributed by atoms with van der Waals surface area (Å²) < 4.78 is 0. The molecular formula is C5H8N2O. The fourth-order valence-electron chi connectivity index (χ4n) is 0. The van der Waals surface area contributed by atoms with Crippen LogP contribution in [-0.2, 0) is 0 Å². The zero-order valence-electron chi connectivity index (χ0n) is 4.92. The first kappa shape index (κ1) is 10.0. The van der Waals surface area contributed by atoms with Crippen molar-refractivity contribution >= 4 is 0 Å². The van der Waals surface area contributed by atoms with E-state index in [1.807, 2.05) is 0 Å². The van der Waals surface area contributed by atoms with Crippen LogP contribution in [-0.4, -0.2) is 10.7 Å². The molecule has 3 heteroatoms. The van der Waals surface area contributed by atoms with Gasteiger partial charge in [0.15, 0.2) is 0 Å². The Morgan fingerprint density at radius 3 is 1.62 bits per heavy atom. The molecule has 0 aliphatic heterocycles. The van der Waals surface area contributed by atoms with Gasteiger partial charge in [0.25, 0.3) is 0 Å². The van der Waals surface area contributed by atoms with Gasteiger partial charge in [0, 0.05) is 6.57 Å². The number of aliphatic hydroxyl groups is 1. The third-order valence-corrected chi connectivity index (χ3v) is 0.274. The normalized spacial score (nSPS) is 8.00. The number of nitriles is 2. The van der Waals surface area contributed by atoms with E-state index < -0.39 is 5.60 Å². The van der Waals surface area contributed by atoms with Gasteiger partial charge in [-0.25, -0.2) is 5.26 Å². The molecule has 0 saturated heterocycles. The number of rotatable bonds is 0. The highest BCUT2D eigenvalue weighted by Gasteiger charge is 2.07. The van der Waals surface area contributed by atoms with Crippen LogP contribution in [0.4, 0.5) is 0 Å². The molecule has 0 aromatic rings. The first-order valence-electron chi connectivity index (χ1n) is 1.96. The van der Waals surface area contributed by atoms with Crippen LogP contribution >= 0.6 is 0 Å². The number of hydrogen-bond donors (Lipinski definition) is 1. The average molecular weight is 112 g/mol. The zero-order valence-corrected chi connectivity index (χ0v) is 4.92. The third kappa shape index (κ3) is 20.4. The zero-order chi connectivity index (χ0) is 7.21. The summed E-state index contributed by atoms with van der Waals surface area (Å²) >= 11 is 0. The summed E-state index contributed by atoms with van der Waals surface area (Å²) in [5, 5.41) is 22.9. The maximum Gasteiger partial charge on any atom is 0.145 e. The summed E-state index contributed by atoms with van der Waals surface area (Å²) in [7, 11) is 0. The predicted molar refractivity (Wildman–Crippen MR) is 28.6 cm³/mol. The summed E-state index contributed by atoms with van der Waals surface area (Å²) in [5.41, 5.74) is -1.15. The smallest absolute Gasteiger partial charge is 0.145 e. The molecule has 8 heavy (non-hydrogen) atoms. The largest absolute Gasteiger partial charge is 0.376 e. The molecule has 0 heterocycles. The van der Waals surface area contributed by atoms with Crippen LogP contribution in [0.1, 0.15) is 13.8 Å². The second-order valence-corrected chi connectivity index (χ2v) is 1.67.